The normalized spacial score (nSPS) is 28.3. The first-order valence-electron chi connectivity index (χ1n) is 16.9. The number of rotatable bonds is 14. The summed E-state index contributed by atoms with van der Waals surface area (Å²) in [5.41, 5.74) is 1.03. The van der Waals surface area contributed by atoms with E-state index in [9.17, 15) is 30.0 Å². The fourth-order valence-electron chi connectivity index (χ4n) is 7.23. The van der Waals surface area contributed by atoms with E-state index in [0.29, 0.717) is 31.4 Å². The largest absolute Gasteiger partial charge is 0.387 e. The van der Waals surface area contributed by atoms with Gasteiger partial charge in [0.25, 0.3) is 0 Å². The molecule has 2 bridgehead atoms. The van der Waals surface area contributed by atoms with Gasteiger partial charge in [0.1, 0.15) is 24.1 Å². The highest BCUT2D eigenvalue weighted by molar-refractivity contribution is 5.90. The number of nitrogens with zero attached hydrogens (tertiary/aromatic N) is 1. The van der Waals surface area contributed by atoms with Crippen LogP contribution < -0.4 is 5.32 Å². The number of hydrogen-bond acceptors (Lipinski definition) is 9. The number of likely N-dealkylation sites (N-methyl/N-ethyl adjacent to an activating group) is 1. The molecule has 2 aromatic carbocycles. The summed E-state index contributed by atoms with van der Waals surface area (Å²) in [7, 11) is 3.94. The van der Waals surface area contributed by atoms with Crippen LogP contribution in [0.25, 0.3) is 0 Å². The summed E-state index contributed by atoms with van der Waals surface area (Å²) in [6.45, 7) is 6.14. The second kappa shape index (κ2) is 13.7. The minimum Gasteiger partial charge on any atom is -0.387 e. The predicted octanol–water partition coefficient (Wildman–Crippen LogP) is 2.52. The number of carbonyl (C=O) groups is 2. The van der Waals surface area contributed by atoms with E-state index < -0.39 is 40.7 Å². The Morgan fingerprint density at radius 2 is 1.70 bits per heavy atom. The van der Waals surface area contributed by atoms with Crippen molar-refractivity contribution in [1.82, 2.24) is 10.2 Å². The fourth-order valence-corrected chi connectivity index (χ4v) is 7.23. The molecule has 1 saturated carbocycles. The monoisotopic (exact) mass is 652 g/mol. The van der Waals surface area contributed by atoms with E-state index in [4.69, 9.17) is 9.47 Å². The third-order valence-electron chi connectivity index (χ3n) is 10.6. The molecule has 258 valence electrons. The molecule has 47 heavy (non-hydrogen) atoms. The van der Waals surface area contributed by atoms with Crippen LogP contribution in [0.2, 0.25) is 0 Å². The highest BCUT2D eigenvalue weighted by Crippen LogP contribution is 2.53. The standard InChI is InChI=1S/C37H52N2O8/c1-24-10-15-28(37-32(43)30(41)31(42)36(47-37,23-46-37)34(2,3)45)21-27(24)20-26-13-11-25(12-14-26)8-6-9-29(40)22-35(16-7-17-35)33(44)38-18-19-39(4)5/h10-15,21,30-32,41-43,45H,6-9,16-20,22-23H2,1-5H3,(H,38,44)/t30-,31-,32+,36-,37-/m0/s1. The van der Waals surface area contributed by atoms with Crippen molar-refractivity contribution in [1.29, 1.82) is 0 Å². The summed E-state index contributed by atoms with van der Waals surface area (Å²) in [5, 5.41) is 46.5. The zero-order valence-corrected chi connectivity index (χ0v) is 28.4. The highest BCUT2D eigenvalue weighted by atomic mass is 16.8. The molecule has 5 N–H and O–H groups in total. The van der Waals surface area contributed by atoms with Crippen LogP contribution in [0.15, 0.2) is 42.5 Å². The van der Waals surface area contributed by atoms with Crippen molar-refractivity contribution in [3.63, 3.8) is 0 Å². The number of carbonyl (C=O) groups excluding carboxylic acids is 2. The predicted molar refractivity (Wildman–Crippen MR) is 177 cm³/mol. The molecule has 1 aliphatic carbocycles. The van der Waals surface area contributed by atoms with E-state index >= 15 is 0 Å². The highest BCUT2D eigenvalue weighted by Gasteiger charge is 2.71. The van der Waals surface area contributed by atoms with Crippen LogP contribution in [0.3, 0.4) is 0 Å². The topological polar surface area (TPSA) is 149 Å². The number of hydrogen-bond donors (Lipinski definition) is 5. The van der Waals surface area contributed by atoms with Gasteiger partial charge < -0.3 is 40.1 Å². The zero-order chi connectivity index (χ0) is 34.2. The summed E-state index contributed by atoms with van der Waals surface area (Å²) in [4.78, 5) is 27.7. The first-order valence-corrected chi connectivity index (χ1v) is 16.9. The molecule has 5 atom stereocenters. The van der Waals surface area contributed by atoms with Gasteiger partial charge in [-0.3, -0.25) is 9.59 Å². The molecular weight excluding hydrogens is 600 g/mol. The fraction of sp³-hybridized carbons (Fsp3) is 0.622. The van der Waals surface area contributed by atoms with Crippen LogP contribution in [0.1, 0.15) is 80.2 Å². The first-order chi connectivity index (χ1) is 22.1. The summed E-state index contributed by atoms with van der Waals surface area (Å²) >= 11 is 0. The quantitative estimate of drug-likeness (QED) is 0.208. The number of ketones is 1. The van der Waals surface area contributed by atoms with E-state index in [1.54, 1.807) is 6.07 Å². The lowest BCUT2D eigenvalue weighted by Crippen LogP contribution is -2.70. The van der Waals surface area contributed by atoms with Gasteiger partial charge in [0, 0.05) is 31.5 Å². The van der Waals surface area contributed by atoms with E-state index in [2.05, 4.69) is 29.6 Å². The number of ether oxygens (including phenoxy) is 2. The number of fused-ring (bicyclic) bond motifs is 2. The molecule has 0 unspecified atom stereocenters. The van der Waals surface area contributed by atoms with Gasteiger partial charge in [-0.15, -0.1) is 0 Å². The van der Waals surface area contributed by atoms with Crippen LogP contribution in [0.4, 0.5) is 0 Å². The van der Waals surface area contributed by atoms with Crippen molar-refractivity contribution in [2.75, 3.05) is 33.8 Å². The number of aliphatic hydroxyl groups excluding tert-OH is 3. The Bertz CT molecular complexity index is 1430. The smallest absolute Gasteiger partial charge is 0.226 e. The number of benzene rings is 2. The molecule has 2 aliphatic heterocycles. The van der Waals surface area contributed by atoms with E-state index in [1.165, 1.54) is 13.8 Å². The second-order valence-electron chi connectivity index (χ2n) is 14.8. The minimum absolute atomic E-state index is 0.0202. The molecule has 5 rings (SSSR count). The zero-order valence-electron chi connectivity index (χ0n) is 28.4. The van der Waals surface area contributed by atoms with Gasteiger partial charge in [-0.1, -0.05) is 42.8 Å². The van der Waals surface area contributed by atoms with Crippen molar-refractivity contribution in [2.24, 2.45) is 5.41 Å². The van der Waals surface area contributed by atoms with Gasteiger partial charge in [-0.2, -0.15) is 0 Å². The van der Waals surface area contributed by atoms with Crippen molar-refractivity contribution in [3.05, 3.63) is 70.3 Å². The van der Waals surface area contributed by atoms with Crippen LogP contribution in [0, 0.1) is 12.3 Å². The Morgan fingerprint density at radius 3 is 2.32 bits per heavy atom. The molecule has 2 aromatic rings. The number of Topliss-reactive ketones (excluding diaryl/α,β-unsaturated/α-hetero) is 1. The van der Waals surface area contributed by atoms with Crippen LogP contribution in [0.5, 0.6) is 0 Å². The lowest BCUT2D eigenvalue weighted by molar-refractivity contribution is -0.348. The molecule has 1 amide bonds. The number of amides is 1. The Kier molecular flexibility index (Phi) is 10.4. The number of nitrogens with one attached hydrogen (secondary N) is 1. The van der Waals surface area contributed by atoms with Gasteiger partial charge in [-0.05, 0) is 95.3 Å². The molecule has 0 spiro atoms. The van der Waals surface area contributed by atoms with Crippen LogP contribution in [-0.2, 0) is 37.7 Å². The molecule has 2 saturated heterocycles. The van der Waals surface area contributed by atoms with Gasteiger partial charge in [0.2, 0.25) is 11.7 Å². The lowest BCUT2D eigenvalue weighted by Gasteiger charge is -2.50. The van der Waals surface area contributed by atoms with E-state index in [0.717, 1.165) is 60.9 Å². The van der Waals surface area contributed by atoms with Gasteiger partial charge in [0.05, 0.1) is 17.6 Å². The number of aliphatic hydroxyl groups is 4. The maximum atomic E-state index is 12.9. The van der Waals surface area contributed by atoms with Gasteiger partial charge in [-0.25, -0.2) is 0 Å². The average molecular weight is 653 g/mol. The summed E-state index contributed by atoms with van der Waals surface area (Å²) in [5.74, 6) is -1.57. The minimum atomic E-state index is -1.74. The Balaban J connectivity index is 1.18. The third kappa shape index (κ3) is 6.92. The van der Waals surface area contributed by atoms with Crippen LogP contribution >= 0.6 is 0 Å². The summed E-state index contributed by atoms with van der Waals surface area (Å²) in [6.07, 6.45) is 0.751. The van der Waals surface area contributed by atoms with Gasteiger partial charge in [0.15, 0.2) is 5.60 Å². The van der Waals surface area contributed by atoms with Gasteiger partial charge >= 0.3 is 0 Å². The Morgan fingerprint density at radius 1 is 1.02 bits per heavy atom. The Labute approximate surface area is 278 Å². The SMILES string of the molecule is Cc1ccc([C@]23OC[C@](C(C)(C)O)(O2)[C@@H](O)[C@H](O)[C@H]3O)cc1Cc1ccc(CCCC(=O)CC2(C(=O)NCCN(C)C)CCC2)cc1. The van der Waals surface area contributed by atoms with Crippen molar-refractivity contribution in [3.8, 4) is 0 Å². The molecule has 3 aliphatic rings. The Hall–Kier alpha value is -2.70. The third-order valence-corrected chi connectivity index (χ3v) is 10.6. The number of aryl methyl sites for hydroxylation is 2. The summed E-state index contributed by atoms with van der Waals surface area (Å²) < 4.78 is 12.2. The molecular formula is C37H52N2O8. The van der Waals surface area contributed by atoms with Crippen molar-refractivity contribution >= 4 is 11.7 Å². The summed E-state index contributed by atoms with van der Waals surface area (Å²) in [6, 6.07) is 13.9. The molecule has 0 aromatic heterocycles. The average Bonchev–Trinajstić information content (AvgIpc) is 3.40. The maximum absolute atomic E-state index is 12.9. The first kappa shape index (κ1) is 35.6. The molecule has 3 fully saturated rings. The molecule has 2 heterocycles. The van der Waals surface area contributed by atoms with Crippen molar-refractivity contribution in [2.45, 2.75) is 107 Å². The van der Waals surface area contributed by atoms with Crippen LogP contribution in [-0.4, -0.2) is 100 Å². The molecule has 0 radical (unpaired) electrons. The van der Waals surface area contributed by atoms with E-state index in [1.807, 2.05) is 38.1 Å². The lowest BCUT2D eigenvalue weighted by atomic mass is 9.65. The molecule has 10 nitrogen and oxygen atoms in total. The second-order valence-corrected chi connectivity index (χ2v) is 14.8. The van der Waals surface area contributed by atoms with Crippen molar-refractivity contribution < 1.29 is 39.5 Å². The van der Waals surface area contributed by atoms with E-state index in [-0.39, 0.29) is 18.3 Å². The maximum Gasteiger partial charge on any atom is 0.226 e. The molecule has 10 heteroatoms.